The number of aromatic nitrogens is 2. The molecule has 1 heterocycles. The van der Waals surface area contributed by atoms with E-state index in [4.69, 9.17) is 0 Å². The monoisotopic (exact) mass is 250 g/mol. The third-order valence-corrected chi connectivity index (χ3v) is 2.59. The van der Waals surface area contributed by atoms with E-state index < -0.39 is 17.7 Å². The molecule has 2 aromatic rings. The van der Waals surface area contributed by atoms with Crippen LogP contribution < -0.4 is 0 Å². The lowest BCUT2D eigenvalue weighted by molar-refractivity contribution is 0.197. The molecule has 0 saturated heterocycles. The van der Waals surface area contributed by atoms with Gasteiger partial charge in [-0.15, -0.1) is 0 Å². The lowest BCUT2D eigenvalue weighted by Crippen LogP contribution is -2.01. The standard InChI is InChI=1S/C13H12F2N2O/c1-7-12(8(2)18)6-16-13(17-7)9-3-10(14)5-11(15)4-9/h3-6,8,18H,1-2H3/t8-/m1/s1. The molecule has 5 heteroatoms. The minimum absolute atomic E-state index is 0.232. The number of nitrogens with zero attached hydrogens (tertiary/aromatic N) is 2. The first-order valence-electron chi connectivity index (χ1n) is 5.45. The fraction of sp³-hybridized carbons (Fsp3) is 0.231. The summed E-state index contributed by atoms with van der Waals surface area (Å²) in [6.07, 6.45) is 0.786. The van der Waals surface area contributed by atoms with Crippen LogP contribution in [0.5, 0.6) is 0 Å². The third-order valence-electron chi connectivity index (χ3n) is 2.59. The number of halogens is 2. The lowest BCUT2D eigenvalue weighted by Gasteiger charge is -2.09. The van der Waals surface area contributed by atoms with E-state index >= 15 is 0 Å². The van der Waals surface area contributed by atoms with E-state index in [1.165, 1.54) is 18.3 Å². The fourth-order valence-corrected chi connectivity index (χ4v) is 1.71. The van der Waals surface area contributed by atoms with Crippen molar-refractivity contribution in [1.29, 1.82) is 0 Å². The summed E-state index contributed by atoms with van der Waals surface area (Å²) >= 11 is 0. The average molecular weight is 250 g/mol. The summed E-state index contributed by atoms with van der Waals surface area (Å²) in [5.74, 6) is -1.12. The Labute approximate surface area is 103 Å². The number of aryl methyl sites for hydroxylation is 1. The highest BCUT2D eigenvalue weighted by Gasteiger charge is 2.10. The van der Waals surface area contributed by atoms with Gasteiger partial charge >= 0.3 is 0 Å². The molecule has 2 rings (SSSR count). The molecule has 0 aliphatic rings. The summed E-state index contributed by atoms with van der Waals surface area (Å²) in [7, 11) is 0. The topological polar surface area (TPSA) is 46.0 Å². The van der Waals surface area contributed by atoms with Crippen LogP contribution in [0.4, 0.5) is 8.78 Å². The largest absolute Gasteiger partial charge is 0.389 e. The number of benzene rings is 1. The van der Waals surface area contributed by atoms with Crippen molar-refractivity contribution in [2.45, 2.75) is 20.0 Å². The van der Waals surface area contributed by atoms with E-state index in [1.807, 2.05) is 0 Å². The van der Waals surface area contributed by atoms with Gasteiger partial charge in [0, 0.05) is 29.1 Å². The molecule has 1 atom stereocenters. The molecule has 0 aliphatic carbocycles. The lowest BCUT2D eigenvalue weighted by atomic mass is 10.1. The van der Waals surface area contributed by atoms with Crippen molar-refractivity contribution in [1.82, 2.24) is 9.97 Å². The summed E-state index contributed by atoms with van der Waals surface area (Å²) in [4.78, 5) is 8.15. The average Bonchev–Trinajstić information content (AvgIpc) is 2.26. The Balaban J connectivity index is 2.48. The van der Waals surface area contributed by atoms with Crippen LogP contribution in [0.25, 0.3) is 11.4 Å². The van der Waals surface area contributed by atoms with Crippen LogP contribution in [0.2, 0.25) is 0 Å². The van der Waals surface area contributed by atoms with Crippen LogP contribution in [0.3, 0.4) is 0 Å². The van der Waals surface area contributed by atoms with Gasteiger partial charge in [-0.2, -0.15) is 0 Å². The quantitative estimate of drug-likeness (QED) is 0.891. The molecule has 1 aromatic carbocycles. The van der Waals surface area contributed by atoms with E-state index in [-0.39, 0.29) is 11.4 Å². The number of rotatable bonds is 2. The highest BCUT2D eigenvalue weighted by atomic mass is 19.1. The molecule has 0 spiro atoms. The Hall–Kier alpha value is -1.88. The first-order chi connectivity index (χ1) is 8.47. The molecule has 1 N–H and O–H groups in total. The van der Waals surface area contributed by atoms with Gasteiger partial charge < -0.3 is 5.11 Å². The maximum absolute atomic E-state index is 13.1. The highest BCUT2D eigenvalue weighted by molar-refractivity contribution is 5.55. The van der Waals surface area contributed by atoms with Crippen LogP contribution >= 0.6 is 0 Å². The molecule has 1 aromatic heterocycles. The SMILES string of the molecule is Cc1nc(-c2cc(F)cc(F)c2)ncc1[C@@H](C)O. The smallest absolute Gasteiger partial charge is 0.159 e. The van der Waals surface area contributed by atoms with Crippen molar-refractivity contribution in [2.75, 3.05) is 0 Å². The van der Waals surface area contributed by atoms with Gasteiger partial charge in [0.1, 0.15) is 11.6 Å². The van der Waals surface area contributed by atoms with Gasteiger partial charge in [-0.25, -0.2) is 18.7 Å². The third kappa shape index (κ3) is 2.51. The Morgan fingerprint density at radius 2 is 1.78 bits per heavy atom. The predicted molar refractivity (Wildman–Crippen MR) is 62.8 cm³/mol. The summed E-state index contributed by atoms with van der Waals surface area (Å²) in [5.41, 5.74) is 1.45. The fourth-order valence-electron chi connectivity index (χ4n) is 1.71. The first-order valence-corrected chi connectivity index (χ1v) is 5.45. The van der Waals surface area contributed by atoms with E-state index in [9.17, 15) is 13.9 Å². The zero-order valence-electron chi connectivity index (χ0n) is 9.98. The molecule has 0 radical (unpaired) electrons. The van der Waals surface area contributed by atoms with E-state index in [0.717, 1.165) is 6.07 Å². The summed E-state index contributed by atoms with van der Waals surface area (Å²) in [6, 6.07) is 3.13. The molecule has 3 nitrogen and oxygen atoms in total. The molecule has 0 unspecified atom stereocenters. The molecule has 0 amide bonds. The van der Waals surface area contributed by atoms with Gasteiger partial charge in [-0.1, -0.05) is 0 Å². The van der Waals surface area contributed by atoms with E-state index in [0.29, 0.717) is 11.3 Å². The van der Waals surface area contributed by atoms with Gasteiger partial charge in [-0.3, -0.25) is 0 Å². The van der Waals surface area contributed by atoms with Crippen molar-refractivity contribution in [3.8, 4) is 11.4 Å². The van der Waals surface area contributed by atoms with Crippen LogP contribution in [0.1, 0.15) is 24.3 Å². The van der Waals surface area contributed by atoms with Gasteiger partial charge in [0.05, 0.1) is 6.10 Å². The second-order valence-electron chi connectivity index (χ2n) is 4.07. The molecular weight excluding hydrogens is 238 g/mol. The minimum Gasteiger partial charge on any atom is -0.389 e. The van der Waals surface area contributed by atoms with Crippen LogP contribution in [0, 0.1) is 18.6 Å². The van der Waals surface area contributed by atoms with Gasteiger partial charge in [0.2, 0.25) is 0 Å². The number of aliphatic hydroxyl groups is 1. The second kappa shape index (κ2) is 4.78. The molecule has 0 saturated carbocycles. The Morgan fingerprint density at radius 3 is 2.28 bits per heavy atom. The number of hydrogen-bond acceptors (Lipinski definition) is 3. The van der Waals surface area contributed by atoms with Crippen molar-refractivity contribution in [3.05, 3.63) is 47.3 Å². The van der Waals surface area contributed by atoms with Crippen LogP contribution in [0.15, 0.2) is 24.4 Å². The molecule has 0 bridgehead atoms. The van der Waals surface area contributed by atoms with Crippen LogP contribution in [-0.2, 0) is 0 Å². The van der Waals surface area contributed by atoms with Gasteiger partial charge in [0.15, 0.2) is 5.82 Å². The molecule has 0 aliphatic heterocycles. The maximum atomic E-state index is 13.1. The molecule has 94 valence electrons. The maximum Gasteiger partial charge on any atom is 0.159 e. The molecule has 18 heavy (non-hydrogen) atoms. The number of hydrogen-bond donors (Lipinski definition) is 1. The van der Waals surface area contributed by atoms with Crippen molar-refractivity contribution < 1.29 is 13.9 Å². The Morgan fingerprint density at radius 1 is 1.17 bits per heavy atom. The highest BCUT2D eigenvalue weighted by Crippen LogP contribution is 2.21. The predicted octanol–water partition coefficient (Wildman–Crippen LogP) is 2.78. The van der Waals surface area contributed by atoms with Crippen LogP contribution in [-0.4, -0.2) is 15.1 Å². The zero-order chi connectivity index (χ0) is 13.3. The molecular formula is C13H12F2N2O. The van der Waals surface area contributed by atoms with E-state index in [2.05, 4.69) is 9.97 Å². The van der Waals surface area contributed by atoms with Gasteiger partial charge in [0.25, 0.3) is 0 Å². The number of aliphatic hydroxyl groups excluding tert-OH is 1. The summed E-state index contributed by atoms with van der Waals surface area (Å²) < 4.78 is 26.2. The zero-order valence-corrected chi connectivity index (χ0v) is 9.98. The second-order valence-corrected chi connectivity index (χ2v) is 4.07. The van der Waals surface area contributed by atoms with Crippen molar-refractivity contribution in [3.63, 3.8) is 0 Å². The van der Waals surface area contributed by atoms with E-state index in [1.54, 1.807) is 13.8 Å². The van der Waals surface area contributed by atoms with Crippen molar-refractivity contribution in [2.24, 2.45) is 0 Å². The summed E-state index contributed by atoms with van der Waals surface area (Å²) in [6.45, 7) is 3.32. The molecule has 0 fully saturated rings. The Bertz CT molecular complexity index is 565. The first kappa shape index (κ1) is 12.6. The Kier molecular flexibility index (Phi) is 3.34. The normalized spacial score (nSPS) is 12.5. The summed E-state index contributed by atoms with van der Waals surface area (Å²) in [5, 5.41) is 9.45. The van der Waals surface area contributed by atoms with Gasteiger partial charge in [-0.05, 0) is 26.0 Å². The minimum atomic E-state index is -0.678. The van der Waals surface area contributed by atoms with Crippen molar-refractivity contribution >= 4 is 0 Å².